The summed E-state index contributed by atoms with van der Waals surface area (Å²) in [6, 6.07) is 0.660. The molecule has 0 spiro atoms. The second-order valence-electron chi connectivity index (χ2n) is 3.43. The van der Waals surface area contributed by atoms with Gasteiger partial charge in [0.2, 0.25) is 0 Å². The monoisotopic (exact) mass is 127 g/mol. The number of nitrogens with one attached hydrogen (secondary N) is 1. The van der Waals surface area contributed by atoms with E-state index in [1.54, 1.807) is 0 Å². The van der Waals surface area contributed by atoms with E-state index < -0.39 is 0 Å². The lowest BCUT2D eigenvalue weighted by molar-refractivity contribution is 0.436. The van der Waals surface area contributed by atoms with Crippen molar-refractivity contribution >= 4 is 0 Å². The van der Waals surface area contributed by atoms with Crippen LogP contribution in [0.1, 0.15) is 40.0 Å². The van der Waals surface area contributed by atoms with Crippen LogP contribution in [0.3, 0.4) is 0 Å². The lowest BCUT2D eigenvalue weighted by Gasteiger charge is -2.17. The molecule has 1 aliphatic carbocycles. The minimum atomic E-state index is 0.564. The van der Waals surface area contributed by atoms with Crippen molar-refractivity contribution in [3.8, 4) is 0 Å². The molecule has 0 heterocycles. The first-order valence-electron chi connectivity index (χ1n) is 3.96. The minimum absolute atomic E-state index is 0.564. The number of hydrogen-bond donors (Lipinski definition) is 1. The van der Waals surface area contributed by atoms with Gasteiger partial charge in [0.05, 0.1) is 0 Å². The van der Waals surface area contributed by atoms with Crippen molar-refractivity contribution in [2.75, 3.05) is 0 Å². The summed E-state index contributed by atoms with van der Waals surface area (Å²) in [7, 11) is 0. The molecule has 0 aromatic carbocycles. The Hall–Kier alpha value is -0.0400. The van der Waals surface area contributed by atoms with Gasteiger partial charge in [0.25, 0.3) is 0 Å². The lowest BCUT2D eigenvalue weighted by atomic mass is 10.2. The largest absolute Gasteiger partial charge is 0.309 e. The second kappa shape index (κ2) is 2.30. The molecule has 1 nitrogen and oxygen atoms in total. The molecule has 1 aliphatic rings. The van der Waals surface area contributed by atoms with Gasteiger partial charge in [-0.15, -0.1) is 0 Å². The Morgan fingerprint density at radius 1 is 1.44 bits per heavy atom. The van der Waals surface area contributed by atoms with Crippen molar-refractivity contribution in [2.45, 2.75) is 51.6 Å². The molecule has 1 saturated carbocycles. The van der Waals surface area contributed by atoms with Crippen LogP contribution in [0.25, 0.3) is 0 Å². The van der Waals surface area contributed by atoms with Crippen molar-refractivity contribution < 1.29 is 0 Å². The summed E-state index contributed by atoms with van der Waals surface area (Å²) in [4.78, 5) is 0. The van der Waals surface area contributed by atoms with E-state index in [0.29, 0.717) is 11.6 Å². The molecule has 0 aromatic heterocycles. The molecule has 0 bridgehead atoms. The average molecular weight is 127 g/mol. The Morgan fingerprint density at radius 2 is 2.00 bits per heavy atom. The van der Waals surface area contributed by atoms with E-state index in [1.807, 2.05) is 0 Å². The van der Waals surface area contributed by atoms with Gasteiger partial charge in [-0.2, -0.15) is 0 Å². The predicted octanol–water partition coefficient (Wildman–Crippen LogP) is 1.93. The Morgan fingerprint density at radius 3 is 2.11 bits per heavy atom. The average Bonchev–Trinajstić information content (AvgIpc) is 2.48. The molecule has 1 N–H and O–H groups in total. The van der Waals surface area contributed by atoms with Crippen LogP contribution in [0.2, 0.25) is 0 Å². The van der Waals surface area contributed by atoms with Gasteiger partial charge in [-0.25, -0.2) is 0 Å². The molecule has 9 heavy (non-hydrogen) atoms. The molecule has 0 aromatic rings. The summed E-state index contributed by atoms with van der Waals surface area (Å²) in [5, 5.41) is 3.58. The quantitative estimate of drug-likeness (QED) is 0.611. The Labute approximate surface area is 57.8 Å². The molecule has 0 atom stereocenters. The van der Waals surface area contributed by atoms with E-state index in [4.69, 9.17) is 0 Å². The second-order valence-corrected chi connectivity index (χ2v) is 3.43. The highest BCUT2D eigenvalue weighted by Gasteiger charge is 2.40. The van der Waals surface area contributed by atoms with Crippen LogP contribution in [-0.4, -0.2) is 11.6 Å². The standard InChI is InChI=1S/C8H17N/c1-4-8(5-6-8)9-7(2)3/h7,9H,4-6H2,1-3H3. The van der Waals surface area contributed by atoms with Crippen LogP contribution in [0.4, 0.5) is 0 Å². The first-order chi connectivity index (χ1) is 4.18. The highest BCUT2D eigenvalue weighted by Crippen LogP contribution is 2.38. The zero-order valence-corrected chi connectivity index (χ0v) is 6.70. The topological polar surface area (TPSA) is 12.0 Å². The third-order valence-corrected chi connectivity index (χ3v) is 2.13. The van der Waals surface area contributed by atoms with E-state index in [0.717, 1.165) is 0 Å². The Kier molecular flexibility index (Phi) is 1.80. The molecular formula is C8H17N. The van der Waals surface area contributed by atoms with Crippen LogP contribution < -0.4 is 5.32 Å². The van der Waals surface area contributed by atoms with Gasteiger partial charge < -0.3 is 5.32 Å². The number of rotatable bonds is 3. The Balaban J connectivity index is 2.25. The van der Waals surface area contributed by atoms with Gasteiger partial charge >= 0.3 is 0 Å². The van der Waals surface area contributed by atoms with Crippen molar-refractivity contribution in [3.05, 3.63) is 0 Å². The van der Waals surface area contributed by atoms with Crippen LogP contribution in [0.15, 0.2) is 0 Å². The van der Waals surface area contributed by atoms with Crippen molar-refractivity contribution in [2.24, 2.45) is 0 Å². The summed E-state index contributed by atoms with van der Waals surface area (Å²) >= 11 is 0. The van der Waals surface area contributed by atoms with Gasteiger partial charge in [-0.3, -0.25) is 0 Å². The smallest absolute Gasteiger partial charge is 0.0182 e. The molecule has 1 rings (SSSR count). The summed E-state index contributed by atoms with van der Waals surface area (Å²) in [5.74, 6) is 0. The van der Waals surface area contributed by atoms with Gasteiger partial charge in [-0.1, -0.05) is 20.8 Å². The SMILES string of the molecule is CCC1(NC(C)C)CC1. The third kappa shape index (κ3) is 1.68. The van der Waals surface area contributed by atoms with Crippen LogP contribution >= 0.6 is 0 Å². The molecule has 1 fully saturated rings. The molecule has 0 radical (unpaired) electrons. The summed E-state index contributed by atoms with van der Waals surface area (Å²) in [6.07, 6.45) is 4.08. The summed E-state index contributed by atoms with van der Waals surface area (Å²) in [5.41, 5.74) is 0.564. The molecule has 0 amide bonds. The minimum Gasteiger partial charge on any atom is -0.309 e. The van der Waals surface area contributed by atoms with Crippen LogP contribution in [0, 0.1) is 0 Å². The van der Waals surface area contributed by atoms with E-state index in [-0.39, 0.29) is 0 Å². The maximum Gasteiger partial charge on any atom is 0.0182 e. The van der Waals surface area contributed by atoms with Gasteiger partial charge in [0, 0.05) is 11.6 Å². The molecule has 54 valence electrons. The first kappa shape index (κ1) is 7.07. The maximum absolute atomic E-state index is 3.58. The lowest BCUT2D eigenvalue weighted by Crippen LogP contribution is -2.35. The van der Waals surface area contributed by atoms with Gasteiger partial charge in [0.1, 0.15) is 0 Å². The van der Waals surface area contributed by atoms with Crippen molar-refractivity contribution in [3.63, 3.8) is 0 Å². The fraction of sp³-hybridized carbons (Fsp3) is 1.00. The molecule has 0 unspecified atom stereocenters. The van der Waals surface area contributed by atoms with Gasteiger partial charge in [-0.05, 0) is 19.3 Å². The highest BCUT2D eigenvalue weighted by atomic mass is 15.0. The van der Waals surface area contributed by atoms with E-state index in [2.05, 4.69) is 26.1 Å². The van der Waals surface area contributed by atoms with Crippen molar-refractivity contribution in [1.29, 1.82) is 0 Å². The first-order valence-corrected chi connectivity index (χ1v) is 3.96. The zero-order chi connectivity index (χ0) is 6.91. The zero-order valence-electron chi connectivity index (χ0n) is 6.70. The van der Waals surface area contributed by atoms with E-state index >= 15 is 0 Å². The molecule has 1 heteroatoms. The Bertz CT molecular complexity index is 92.7. The molecular weight excluding hydrogens is 110 g/mol. The maximum atomic E-state index is 3.58. The number of hydrogen-bond acceptors (Lipinski definition) is 1. The van der Waals surface area contributed by atoms with Gasteiger partial charge in [0.15, 0.2) is 0 Å². The van der Waals surface area contributed by atoms with E-state index in [1.165, 1.54) is 19.3 Å². The molecule has 0 saturated heterocycles. The normalized spacial score (nSPS) is 22.7. The molecule has 0 aliphatic heterocycles. The summed E-state index contributed by atoms with van der Waals surface area (Å²) < 4.78 is 0. The van der Waals surface area contributed by atoms with Crippen molar-refractivity contribution in [1.82, 2.24) is 5.32 Å². The third-order valence-electron chi connectivity index (χ3n) is 2.13. The van der Waals surface area contributed by atoms with Crippen LogP contribution in [0.5, 0.6) is 0 Å². The fourth-order valence-electron chi connectivity index (χ4n) is 1.36. The fourth-order valence-corrected chi connectivity index (χ4v) is 1.36. The summed E-state index contributed by atoms with van der Waals surface area (Å²) in [6.45, 7) is 6.70. The predicted molar refractivity (Wildman–Crippen MR) is 40.5 cm³/mol. The van der Waals surface area contributed by atoms with E-state index in [9.17, 15) is 0 Å². The highest BCUT2D eigenvalue weighted by molar-refractivity contribution is 5.01. The van der Waals surface area contributed by atoms with Crippen LogP contribution in [-0.2, 0) is 0 Å².